The molecule has 1 N–H and O–H groups in total. The predicted octanol–water partition coefficient (Wildman–Crippen LogP) is -0.0855. The molecule has 1 fully saturated rings. The summed E-state index contributed by atoms with van der Waals surface area (Å²) >= 11 is 5.54. The Labute approximate surface area is 179 Å². The third-order valence-corrected chi connectivity index (χ3v) is 3.96. The highest BCUT2D eigenvalue weighted by Crippen LogP contribution is 2.28. The molecule has 1 rings (SSSR count). The van der Waals surface area contributed by atoms with E-state index < -0.39 is 54.5 Å². The number of ether oxygens (including phenoxy) is 6. The Morgan fingerprint density at radius 2 is 1.53 bits per heavy atom. The average Bonchev–Trinajstić information content (AvgIpc) is 2.63. The van der Waals surface area contributed by atoms with Crippen molar-refractivity contribution in [1.29, 1.82) is 0 Å². The molecule has 1 aliphatic heterocycles. The van der Waals surface area contributed by atoms with Crippen molar-refractivity contribution < 1.29 is 47.6 Å². The van der Waals surface area contributed by atoms with E-state index in [2.05, 4.69) is 5.32 Å². The lowest BCUT2D eigenvalue weighted by molar-refractivity contribution is -0.279. The fraction of sp³-hybridized carbons (Fsp3) is 0.778. The second-order valence-corrected chi connectivity index (χ2v) is 6.77. The Bertz CT molecular complexity index is 602. The molecule has 0 aromatic carbocycles. The predicted molar refractivity (Wildman–Crippen MR) is 101 cm³/mol. The fourth-order valence-corrected chi connectivity index (χ4v) is 2.92. The van der Waals surface area contributed by atoms with Gasteiger partial charge >= 0.3 is 17.9 Å². The summed E-state index contributed by atoms with van der Waals surface area (Å²) in [7, 11) is 0. The quantitative estimate of drug-likeness (QED) is 0.196. The van der Waals surface area contributed by atoms with Crippen LogP contribution in [0.25, 0.3) is 0 Å². The number of carbonyl (C=O) groups excluding carboxylic acids is 4. The molecule has 172 valence electrons. The van der Waals surface area contributed by atoms with Gasteiger partial charge in [0.05, 0.1) is 19.8 Å². The number of hydrogen-bond acceptors (Lipinski definition) is 10. The van der Waals surface area contributed by atoms with E-state index in [1.54, 1.807) is 0 Å². The minimum absolute atomic E-state index is 0.0724. The Kier molecular flexibility index (Phi) is 11.6. The lowest BCUT2D eigenvalue weighted by Gasteiger charge is -2.44. The Morgan fingerprint density at radius 1 is 0.900 bits per heavy atom. The highest BCUT2D eigenvalue weighted by atomic mass is 35.5. The normalized spacial score (nSPS) is 25.8. The third kappa shape index (κ3) is 9.24. The number of amides is 1. The topological polar surface area (TPSA) is 136 Å². The number of nitrogens with one attached hydrogen (secondary N) is 1. The van der Waals surface area contributed by atoms with Gasteiger partial charge < -0.3 is 33.7 Å². The summed E-state index contributed by atoms with van der Waals surface area (Å²) in [5, 5.41) is 2.60. The summed E-state index contributed by atoms with van der Waals surface area (Å²) in [6.07, 6.45) is -4.43. The van der Waals surface area contributed by atoms with Gasteiger partial charge in [-0.2, -0.15) is 0 Å². The highest BCUT2D eigenvalue weighted by molar-refractivity contribution is 6.17. The molecule has 0 aromatic heterocycles. The molecule has 0 saturated carbocycles. The van der Waals surface area contributed by atoms with Crippen molar-refractivity contribution in [3.8, 4) is 0 Å². The monoisotopic (exact) mass is 453 g/mol. The van der Waals surface area contributed by atoms with Crippen LogP contribution in [0.2, 0.25) is 0 Å². The number of halogens is 1. The van der Waals surface area contributed by atoms with Gasteiger partial charge in [0.25, 0.3) is 0 Å². The van der Waals surface area contributed by atoms with Gasteiger partial charge in [-0.3, -0.25) is 19.2 Å². The van der Waals surface area contributed by atoms with Crippen LogP contribution in [-0.2, 0) is 47.6 Å². The molecule has 30 heavy (non-hydrogen) atoms. The van der Waals surface area contributed by atoms with Crippen LogP contribution in [0, 0.1) is 0 Å². The maximum absolute atomic E-state index is 11.8. The molecule has 11 nitrogen and oxygen atoms in total. The maximum atomic E-state index is 11.8. The summed E-state index contributed by atoms with van der Waals surface area (Å²) in [5.41, 5.74) is 0. The van der Waals surface area contributed by atoms with E-state index >= 15 is 0 Å². The molecule has 1 saturated heterocycles. The van der Waals surface area contributed by atoms with Crippen LogP contribution in [0.4, 0.5) is 0 Å². The summed E-state index contributed by atoms with van der Waals surface area (Å²) in [6, 6.07) is -1.00. The van der Waals surface area contributed by atoms with Gasteiger partial charge in [-0.1, -0.05) is 0 Å². The second kappa shape index (κ2) is 13.4. The largest absolute Gasteiger partial charge is 0.463 e. The summed E-state index contributed by atoms with van der Waals surface area (Å²) < 4.78 is 32.4. The minimum atomic E-state index is -1.16. The van der Waals surface area contributed by atoms with Gasteiger partial charge in [-0.05, 0) is 0 Å². The van der Waals surface area contributed by atoms with E-state index in [4.69, 9.17) is 40.0 Å². The average molecular weight is 454 g/mol. The van der Waals surface area contributed by atoms with Crippen LogP contribution in [0.15, 0.2) is 0 Å². The molecule has 0 spiro atoms. The van der Waals surface area contributed by atoms with E-state index in [1.807, 2.05) is 0 Å². The molecule has 1 heterocycles. The number of hydrogen-bond donors (Lipinski definition) is 1. The lowest BCUT2D eigenvalue weighted by atomic mass is 9.96. The van der Waals surface area contributed by atoms with E-state index in [0.29, 0.717) is 12.5 Å². The van der Waals surface area contributed by atoms with Crippen molar-refractivity contribution >= 4 is 35.4 Å². The van der Waals surface area contributed by atoms with E-state index in [1.165, 1.54) is 20.8 Å². The smallest absolute Gasteiger partial charge is 0.303 e. The molecule has 0 aliphatic carbocycles. The van der Waals surface area contributed by atoms with E-state index in [9.17, 15) is 19.2 Å². The van der Waals surface area contributed by atoms with E-state index in [0.717, 1.165) is 6.92 Å². The zero-order valence-corrected chi connectivity index (χ0v) is 18.1. The van der Waals surface area contributed by atoms with Crippen LogP contribution >= 0.6 is 11.6 Å². The molecule has 0 unspecified atom stereocenters. The van der Waals surface area contributed by atoms with Crippen molar-refractivity contribution in [3.63, 3.8) is 0 Å². The van der Waals surface area contributed by atoms with Crippen LogP contribution in [0.5, 0.6) is 0 Å². The Hall–Kier alpha value is -1.95. The zero-order chi connectivity index (χ0) is 22.7. The SMILES string of the molecule is CC(=O)N[C@H]1[C@@H](OCCOCCCl)O[C@@H](COC(C)=O)[C@@H](OC(C)=O)[C@H]1OC(C)=O. The first-order valence-electron chi connectivity index (χ1n) is 9.31. The lowest BCUT2D eigenvalue weighted by Crippen LogP contribution is -2.66. The van der Waals surface area contributed by atoms with Crippen molar-refractivity contribution in [2.24, 2.45) is 0 Å². The van der Waals surface area contributed by atoms with Gasteiger partial charge in [0, 0.05) is 33.6 Å². The molecular formula is C18H28ClNO10. The molecular weight excluding hydrogens is 426 g/mol. The van der Waals surface area contributed by atoms with Gasteiger partial charge in [0.2, 0.25) is 5.91 Å². The van der Waals surface area contributed by atoms with Crippen LogP contribution in [0.3, 0.4) is 0 Å². The molecule has 5 atom stereocenters. The Balaban J connectivity index is 3.13. The molecule has 0 radical (unpaired) electrons. The molecule has 12 heteroatoms. The van der Waals surface area contributed by atoms with Crippen molar-refractivity contribution in [2.45, 2.75) is 58.3 Å². The van der Waals surface area contributed by atoms with Gasteiger partial charge in [-0.25, -0.2) is 0 Å². The number of alkyl halides is 1. The van der Waals surface area contributed by atoms with Crippen LogP contribution in [-0.4, -0.2) is 86.8 Å². The third-order valence-electron chi connectivity index (χ3n) is 3.80. The molecule has 1 aliphatic rings. The van der Waals surface area contributed by atoms with Crippen molar-refractivity contribution in [1.82, 2.24) is 5.32 Å². The van der Waals surface area contributed by atoms with Gasteiger partial charge in [-0.15, -0.1) is 11.6 Å². The number of esters is 3. The fourth-order valence-electron chi connectivity index (χ4n) is 2.81. The maximum Gasteiger partial charge on any atom is 0.303 e. The van der Waals surface area contributed by atoms with Gasteiger partial charge in [0.15, 0.2) is 18.5 Å². The summed E-state index contributed by atoms with van der Waals surface area (Å²) in [4.78, 5) is 46.4. The van der Waals surface area contributed by atoms with Crippen LogP contribution < -0.4 is 5.32 Å². The van der Waals surface area contributed by atoms with Crippen LogP contribution in [0.1, 0.15) is 27.7 Å². The molecule has 1 amide bonds. The van der Waals surface area contributed by atoms with Crippen molar-refractivity contribution in [3.05, 3.63) is 0 Å². The minimum Gasteiger partial charge on any atom is -0.463 e. The molecule has 0 aromatic rings. The Morgan fingerprint density at radius 3 is 2.07 bits per heavy atom. The number of rotatable bonds is 11. The first-order chi connectivity index (χ1) is 14.1. The number of carbonyl (C=O) groups is 4. The molecule has 0 bridgehead atoms. The standard InChI is InChI=1S/C18H28ClNO10/c1-10(21)20-15-17(29-13(4)24)16(28-12(3)23)14(9-27-11(2)22)30-18(15)26-8-7-25-6-5-19/h14-18H,5-9H2,1-4H3,(H,20,21)/t14-,15+,16+,17-,18-/m0/s1. The summed E-state index contributed by atoms with van der Waals surface area (Å²) in [5.74, 6) is -2.07. The van der Waals surface area contributed by atoms with Gasteiger partial charge in [0.1, 0.15) is 18.8 Å². The highest BCUT2D eigenvalue weighted by Gasteiger charge is 2.51. The summed E-state index contributed by atoms with van der Waals surface area (Å²) in [6.45, 7) is 5.10. The first-order valence-corrected chi connectivity index (χ1v) is 9.84. The zero-order valence-electron chi connectivity index (χ0n) is 17.4. The van der Waals surface area contributed by atoms with E-state index in [-0.39, 0.29) is 19.8 Å². The van der Waals surface area contributed by atoms with Crippen molar-refractivity contribution in [2.75, 3.05) is 32.3 Å². The second-order valence-electron chi connectivity index (χ2n) is 6.39. The first kappa shape index (κ1) is 26.1.